The Morgan fingerprint density at radius 2 is 1.84 bits per heavy atom. The minimum absolute atomic E-state index is 0.0276. The molecule has 0 amide bonds. The van der Waals surface area contributed by atoms with E-state index in [-0.39, 0.29) is 18.4 Å². The van der Waals surface area contributed by atoms with Gasteiger partial charge in [-0.1, -0.05) is 60.5 Å². The highest BCUT2D eigenvalue weighted by molar-refractivity contribution is 5.82. The van der Waals surface area contributed by atoms with Crippen LogP contribution < -0.4 is 4.74 Å². The van der Waals surface area contributed by atoms with Crippen molar-refractivity contribution < 1.29 is 14.6 Å². The molecule has 0 bridgehead atoms. The molecule has 2 N–H and O–H groups in total. The molecule has 5 heteroatoms. The minimum atomic E-state index is -0.866. The van der Waals surface area contributed by atoms with Crippen molar-refractivity contribution in [2.45, 2.75) is 31.8 Å². The van der Waals surface area contributed by atoms with Crippen LogP contribution in [0.5, 0.6) is 5.75 Å². The Kier molecular flexibility index (Phi) is 6.52. The summed E-state index contributed by atoms with van der Waals surface area (Å²) in [5.41, 5.74) is 4.07. The number of aromatic nitrogens is 2. The predicted molar refractivity (Wildman–Crippen MR) is 124 cm³/mol. The molecule has 32 heavy (non-hydrogen) atoms. The number of ether oxygens (including phenoxy) is 1. The van der Waals surface area contributed by atoms with Gasteiger partial charge in [-0.25, -0.2) is 0 Å². The van der Waals surface area contributed by atoms with Crippen LogP contribution in [0.1, 0.15) is 42.1 Å². The quantitative estimate of drug-likeness (QED) is 0.366. The van der Waals surface area contributed by atoms with Crippen LogP contribution >= 0.6 is 0 Å². The monoisotopic (exact) mass is 424 g/mol. The number of benzene rings is 3. The van der Waals surface area contributed by atoms with E-state index in [9.17, 15) is 9.90 Å². The summed E-state index contributed by atoms with van der Waals surface area (Å²) in [6, 6.07) is 23.9. The van der Waals surface area contributed by atoms with E-state index in [2.05, 4.69) is 40.2 Å². The predicted octanol–water partition coefficient (Wildman–Crippen LogP) is 5.51. The molecule has 0 aliphatic heterocycles. The number of H-pyrrole nitrogens is 1. The lowest BCUT2D eigenvalue weighted by Crippen LogP contribution is -2.11. The number of aromatic amines is 1. The van der Waals surface area contributed by atoms with E-state index < -0.39 is 5.97 Å². The Labute approximate surface area is 187 Å². The second-order valence-electron chi connectivity index (χ2n) is 7.59. The third-order valence-electron chi connectivity index (χ3n) is 5.39. The summed E-state index contributed by atoms with van der Waals surface area (Å²) in [7, 11) is 0. The lowest BCUT2D eigenvalue weighted by Gasteiger charge is -2.21. The summed E-state index contributed by atoms with van der Waals surface area (Å²) >= 11 is 0. The molecular formula is C27H24N2O3. The fraction of sp³-hybridized carbons (Fsp3) is 0.185. The van der Waals surface area contributed by atoms with Crippen LogP contribution in [-0.4, -0.2) is 21.3 Å². The number of fused-ring (bicyclic) bond motifs is 1. The van der Waals surface area contributed by atoms with Crippen molar-refractivity contribution in [3.8, 4) is 17.6 Å². The van der Waals surface area contributed by atoms with E-state index in [1.165, 1.54) is 5.56 Å². The van der Waals surface area contributed by atoms with Crippen molar-refractivity contribution in [3.63, 3.8) is 0 Å². The first-order chi connectivity index (χ1) is 15.6. The van der Waals surface area contributed by atoms with Crippen molar-refractivity contribution in [1.29, 1.82) is 0 Å². The molecule has 2 atom stereocenters. The fourth-order valence-corrected chi connectivity index (χ4v) is 3.86. The summed E-state index contributed by atoms with van der Waals surface area (Å²) in [6.07, 6.45) is 2.29. The minimum Gasteiger partial charge on any atom is -0.485 e. The lowest BCUT2D eigenvalue weighted by atomic mass is 9.96. The number of carboxylic acid groups (broad SMARTS) is 1. The molecule has 5 nitrogen and oxygen atoms in total. The van der Waals surface area contributed by atoms with Gasteiger partial charge in [-0.3, -0.25) is 9.89 Å². The summed E-state index contributed by atoms with van der Waals surface area (Å²) in [5, 5.41) is 17.4. The van der Waals surface area contributed by atoms with Gasteiger partial charge in [0.2, 0.25) is 0 Å². The number of carboxylic acids is 1. The molecule has 1 heterocycles. The molecule has 0 saturated heterocycles. The smallest absolute Gasteiger partial charge is 0.304 e. The first-order valence-corrected chi connectivity index (χ1v) is 10.5. The Hall–Kier alpha value is -4.04. The summed E-state index contributed by atoms with van der Waals surface area (Å²) < 4.78 is 6.46. The molecule has 1 aromatic heterocycles. The zero-order chi connectivity index (χ0) is 22.3. The van der Waals surface area contributed by atoms with Gasteiger partial charge in [0.15, 0.2) is 0 Å². The summed E-state index contributed by atoms with van der Waals surface area (Å²) in [5.74, 6) is 5.32. The molecule has 2 unspecified atom stereocenters. The maximum Gasteiger partial charge on any atom is 0.304 e. The molecule has 0 spiro atoms. The van der Waals surface area contributed by atoms with Crippen LogP contribution in [0.15, 0.2) is 79.0 Å². The van der Waals surface area contributed by atoms with E-state index in [0.29, 0.717) is 12.2 Å². The van der Waals surface area contributed by atoms with Gasteiger partial charge in [0, 0.05) is 17.4 Å². The normalized spacial score (nSPS) is 12.5. The Morgan fingerprint density at radius 3 is 2.56 bits per heavy atom. The third kappa shape index (κ3) is 4.98. The molecule has 3 aromatic carbocycles. The van der Waals surface area contributed by atoms with Gasteiger partial charge in [0.05, 0.1) is 24.1 Å². The molecule has 0 fully saturated rings. The van der Waals surface area contributed by atoms with Crippen molar-refractivity contribution in [2.24, 2.45) is 0 Å². The Balaban J connectivity index is 1.63. The highest BCUT2D eigenvalue weighted by atomic mass is 16.5. The topological polar surface area (TPSA) is 75.2 Å². The first-order valence-electron chi connectivity index (χ1n) is 10.5. The molecule has 4 rings (SSSR count). The van der Waals surface area contributed by atoms with Crippen LogP contribution in [0.4, 0.5) is 0 Å². The van der Waals surface area contributed by atoms with Crippen LogP contribution in [0, 0.1) is 11.8 Å². The average Bonchev–Trinajstić information content (AvgIpc) is 3.28. The number of rotatable bonds is 8. The average molecular weight is 425 g/mol. The van der Waals surface area contributed by atoms with Crippen molar-refractivity contribution in [2.75, 3.05) is 0 Å². The fourth-order valence-electron chi connectivity index (χ4n) is 3.86. The van der Waals surface area contributed by atoms with Crippen molar-refractivity contribution in [3.05, 3.63) is 95.7 Å². The number of hydrogen-bond acceptors (Lipinski definition) is 3. The first kappa shape index (κ1) is 21.2. The van der Waals surface area contributed by atoms with Gasteiger partial charge in [0.1, 0.15) is 11.9 Å². The molecule has 4 aromatic rings. The van der Waals surface area contributed by atoms with Gasteiger partial charge in [-0.05, 0) is 36.2 Å². The standard InChI is InChI=1S/C27H24N2O3/c1-2-7-21(17-27(30)31)20-12-14-22(15-13-20)32-26(16-19-8-4-3-5-9-19)23-10-6-11-25-24(23)18-28-29-25/h3-6,8-15,18,21,26H,16-17H2,1H3,(H,28,29)(H,30,31). The van der Waals surface area contributed by atoms with E-state index in [4.69, 9.17) is 4.74 Å². The maximum absolute atomic E-state index is 11.2. The van der Waals surface area contributed by atoms with Gasteiger partial charge in [-0.2, -0.15) is 5.10 Å². The summed E-state index contributed by atoms with van der Waals surface area (Å²) in [6.45, 7) is 1.72. The van der Waals surface area contributed by atoms with Crippen LogP contribution in [-0.2, 0) is 11.2 Å². The molecular weight excluding hydrogens is 400 g/mol. The summed E-state index contributed by atoms with van der Waals surface area (Å²) in [4.78, 5) is 11.2. The van der Waals surface area contributed by atoms with Crippen LogP contribution in [0.25, 0.3) is 10.9 Å². The molecule has 0 aliphatic rings. The third-order valence-corrected chi connectivity index (χ3v) is 5.39. The van der Waals surface area contributed by atoms with Crippen molar-refractivity contribution >= 4 is 16.9 Å². The molecule has 0 aliphatic carbocycles. The zero-order valence-electron chi connectivity index (χ0n) is 17.8. The number of nitrogens with one attached hydrogen (secondary N) is 1. The van der Waals surface area contributed by atoms with Crippen molar-refractivity contribution in [1.82, 2.24) is 10.2 Å². The van der Waals surface area contributed by atoms with E-state index in [0.717, 1.165) is 22.0 Å². The second kappa shape index (κ2) is 9.84. The Bertz CT molecular complexity index is 1250. The highest BCUT2D eigenvalue weighted by Gasteiger charge is 2.19. The van der Waals surface area contributed by atoms with E-state index in [1.807, 2.05) is 60.8 Å². The number of hydrogen-bond donors (Lipinski definition) is 2. The number of carbonyl (C=O) groups is 1. The van der Waals surface area contributed by atoms with Gasteiger partial charge >= 0.3 is 5.97 Å². The van der Waals surface area contributed by atoms with Crippen LogP contribution in [0.2, 0.25) is 0 Å². The molecule has 160 valence electrons. The lowest BCUT2D eigenvalue weighted by molar-refractivity contribution is -0.137. The van der Waals surface area contributed by atoms with Gasteiger partial charge < -0.3 is 9.84 Å². The second-order valence-corrected chi connectivity index (χ2v) is 7.59. The van der Waals surface area contributed by atoms with Gasteiger partial charge in [0.25, 0.3) is 0 Å². The zero-order valence-corrected chi connectivity index (χ0v) is 17.8. The van der Waals surface area contributed by atoms with E-state index >= 15 is 0 Å². The number of nitrogens with zero attached hydrogens (tertiary/aromatic N) is 1. The van der Waals surface area contributed by atoms with E-state index in [1.54, 1.807) is 6.92 Å². The largest absolute Gasteiger partial charge is 0.485 e. The highest BCUT2D eigenvalue weighted by Crippen LogP contribution is 2.31. The molecule has 0 saturated carbocycles. The molecule has 0 radical (unpaired) electrons. The maximum atomic E-state index is 11.2. The SMILES string of the molecule is CC#CC(CC(=O)O)c1ccc(OC(Cc2ccccc2)c2cccc3[nH]ncc23)cc1. The van der Waals surface area contributed by atoms with Crippen LogP contribution in [0.3, 0.4) is 0 Å². The van der Waals surface area contributed by atoms with Gasteiger partial charge in [-0.15, -0.1) is 5.92 Å². The number of aliphatic carboxylic acids is 1. The Morgan fingerprint density at radius 1 is 1.06 bits per heavy atom.